The van der Waals surface area contributed by atoms with Gasteiger partial charge in [0.25, 0.3) is 5.91 Å². The molecule has 0 radical (unpaired) electrons. The van der Waals surface area contributed by atoms with E-state index in [1.807, 2.05) is 25.3 Å². The topological polar surface area (TPSA) is 97.3 Å². The fourth-order valence-electron chi connectivity index (χ4n) is 7.72. The zero-order chi connectivity index (χ0) is 30.9. The van der Waals surface area contributed by atoms with Gasteiger partial charge in [-0.1, -0.05) is 37.4 Å². The summed E-state index contributed by atoms with van der Waals surface area (Å²) in [5.41, 5.74) is 3.57. The lowest BCUT2D eigenvalue weighted by atomic mass is 9.68. The van der Waals surface area contributed by atoms with Crippen LogP contribution in [0.4, 0.5) is 5.69 Å². The summed E-state index contributed by atoms with van der Waals surface area (Å²) in [4.78, 5) is 28.3. The molecule has 2 aliphatic heterocycles. The molecule has 8 nitrogen and oxygen atoms in total. The predicted molar refractivity (Wildman–Crippen MR) is 174 cm³/mol. The Bertz CT molecular complexity index is 1540. The van der Waals surface area contributed by atoms with Crippen molar-refractivity contribution >= 4 is 39.0 Å². The van der Waals surface area contributed by atoms with Crippen molar-refractivity contribution in [3.8, 4) is 5.75 Å². The van der Waals surface area contributed by atoms with Crippen LogP contribution in [0.2, 0.25) is 5.02 Å². The minimum absolute atomic E-state index is 0.139. The molecule has 0 aromatic heterocycles. The molecule has 2 bridgehead atoms. The summed E-state index contributed by atoms with van der Waals surface area (Å²) >= 11 is 6.42. The highest BCUT2D eigenvalue weighted by Gasteiger charge is 2.44. The van der Waals surface area contributed by atoms with Crippen LogP contribution in [0.1, 0.15) is 86.2 Å². The molecule has 6 rings (SSSR count). The van der Waals surface area contributed by atoms with E-state index in [2.05, 4.69) is 26.1 Å². The van der Waals surface area contributed by atoms with E-state index in [1.54, 1.807) is 13.0 Å². The van der Waals surface area contributed by atoms with E-state index in [-0.39, 0.29) is 29.6 Å². The molecule has 2 heterocycles. The number of carbonyl (C=O) groups excluding carboxylic acids is 2. The molecule has 238 valence electrons. The van der Waals surface area contributed by atoms with Gasteiger partial charge in [-0.2, -0.15) is 0 Å². The number of amides is 2. The van der Waals surface area contributed by atoms with Crippen LogP contribution in [-0.4, -0.2) is 54.7 Å². The Morgan fingerprint density at radius 1 is 1.16 bits per heavy atom. The third kappa shape index (κ3) is 6.38. The molecule has 0 saturated heterocycles. The normalized spacial score (nSPS) is 30.6. The Morgan fingerprint density at radius 3 is 2.80 bits per heavy atom. The van der Waals surface area contributed by atoms with Gasteiger partial charge in [-0.25, -0.2) is 4.21 Å². The van der Waals surface area contributed by atoms with E-state index in [0.29, 0.717) is 30.4 Å². The molecule has 1 fully saturated rings. The molecule has 4 aliphatic rings. The number of ether oxygens (including phenoxy) is 2. The summed E-state index contributed by atoms with van der Waals surface area (Å²) in [5, 5.41) is 0.755. The average Bonchev–Trinajstić information content (AvgIpc) is 3.14. The van der Waals surface area contributed by atoms with Gasteiger partial charge < -0.3 is 14.4 Å². The van der Waals surface area contributed by atoms with Crippen LogP contribution < -0.4 is 14.4 Å². The molecule has 2 aliphatic carbocycles. The van der Waals surface area contributed by atoms with Gasteiger partial charge >= 0.3 is 0 Å². The molecule has 1 N–H and O–H groups in total. The maximum absolute atomic E-state index is 13.8. The van der Waals surface area contributed by atoms with Gasteiger partial charge in [-0.3, -0.25) is 14.3 Å². The van der Waals surface area contributed by atoms with Crippen molar-refractivity contribution in [3.05, 3.63) is 58.1 Å². The Morgan fingerprint density at radius 2 is 2.02 bits per heavy atom. The molecule has 2 aromatic carbocycles. The molecule has 1 saturated carbocycles. The predicted octanol–water partition coefficient (Wildman–Crippen LogP) is 6.48. The second-order valence-corrected chi connectivity index (χ2v) is 15.5. The molecule has 2 amide bonds. The zero-order valence-electron chi connectivity index (χ0n) is 25.8. The number of aryl methyl sites for hydroxylation is 1. The SMILES string of the molecule is CCC(=O)NS1(=O)=NC(=O)c2ccc3c(c2)N(C[C@@H]2CC[C@H]2[C@@H](OC)CCCCC1)C[C@@]1(CCCc2cc(Cl)ccc21)CO3. The molecule has 44 heavy (non-hydrogen) atoms. The number of methoxy groups -OCH3 is 1. The second-order valence-electron chi connectivity index (χ2n) is 13.0. The first-order chi connectivity index (χ1) is 21.2. The van der Waals surface area contributed by atoms with Gasteiger partial charge in [0.2, 0.25) is 5.91 Å². The van der Waals surface area contributed by atoms with Crippen LogP contribution in [0.15, 0.2) is 40.8 Å². The van der Waals surface area contributed by atoms with E-state index in [1.165, 1.54) is 11.1 Å². The van der Waals surface area contributed by atoms with Crippen molar-refractivity contribution in [2.75, 3.05) is 37.5 Å². The highest BCUT2D eigenvalue weighted by Crippen LogP contribution is 2.47. The number of benzene rings is 2. The minimum atomic E-state index is -3.27. The molecule has 10 heteroatoms. The molecule has 1 spiro atoms. The summed E-state index contributed by atoms with van der Waals surface area (Å²) in [6.07, 6.45) is 8.95. The first-order valence-corrected chi connectivity index (χ1v) is 18.2. The molecule has 1 unspecified atom stereocenters. The number of hydrogen-bond donors (Lipinski definition) is 1. The van der Waals surface area contributed by atoms with Crippen LogP contribution in [0, 0.1) is 11.8 Å². The third-order valence-corrected chi connectivity index (χ3v) is 12.3. The highest BCUT2D eigenvalue weighted by molar-refractivity contribution is 7.92. The highest BCUT2D eigenvalue weighted by atomic mass is 35.5. The van der Waals surface area contributed by atoms with Crippen LogP contribution in [-0.2, 0) is 31.3 Å². The van der Waals surface area contributed by atoms with E-state index in [4.69, 9.17) is 21.1 Å². The fraction of sp³-hybridized carbons (Fsp3) is 0.588. The summed E-state index contributed by atoms with van der Waals surface area (Å²) in [6, 6.07) is 11.7. The molecule has 5 atom stereocenters. The number of nitrogens with zero attached hydrogens (tertiary/aromatic N) is 2. The minimum Gasteiger partial charge on any atom is -0.490 e. The van der Waals surface area contributed by atoms with Crippen molar-refractivity contribution in [2.24, 2.45) is 16.2 Å². The maximum atomic E-state index is 13.8. The Hall–Kier alpha value is -2.62. The average molecular weight is 642 g/mol. The lowest BCUT2D eigenvalue weighted by Gasteiger charge is -2.46. The van der Waals surface area contributed by atoms with E-state index < -0.39 is 15.8 Å². The molecular weight excluding hydrogens is 598 g/mol. The van der Waals surface area contributed by atoms with Crippen molar-refractivity contribution in [3.63, 3.8) is 0 Å². The third-order valence-electron chi connectivity index (χ3n) is 10.2. The van der Waals surface area contributed by atoms with Crippen molar-refractivity contribution in [1.82, 2.24) is 4.72 Å². The Balaban J connectivity index is 1.43. The van der Waals surface area contributed by atoms with Gasteiger partial charge in [0.05, 0.1) is 24.2 Å². The maximum Gasteiger partial charge on any atom is 0.286 e. The summed E-state index contributed by atoms with van der Waals surface area (Å²) in [6.45, 7) is 3.83. The Labute approximate surface area is 266 Å². The number of nitrogens with one attached hydrogen (secondary N) is 1. The quantitative estimate of drug-likeness (QED) is 0.412. The number of halogens is 1. The number of rotatable bonds is 3. The Kier molecular flexibility index (Phi) is 9.27. The van der Waals surface area contributed by atoms with Gasteiger partial charge in [-0.05, 0) is 98.2 Å². The summed E-state index contributed by atoms with van der Waals surface area (Å²) in [7, 11) is -1.45. The van der Waals surface area contributed by atoms with Gasteiger partial charge in [0, 0.05) is 42.6 Å². The first-order valence-electron chi connectivity index (χ1n) is 16.2. The smallest absolute Gasteiger partial charge is 0.286 e. The van der Waals surface area contributed by atoms with Crippen LogP contribution in [0.25, 0.3) is 0 Å². The number of carbonyl (C=O) groups is 2. The standard InChI is InChI=1S/C34H44ClN3O5S/c1-3-32(39)36-44(41)17-6-4-5-9-30(42-2)27-13-10-25(27)20-38-21-34(16-7-8-23-18-26(35)12-14-28(23)34)22-43-31-15-11-24(19-29(31)38)33(40)37-44/h11-12,14-15,18-19,25,27,30H,3-10,13,16-17,20-22H2,1-2H3,(H,36,37,39,40,41)/t25-,27+,30-,34-,44?/m0/s1. The number of anilines is 1. The number of hydrogen-bond acceptors (Lipinski definition) is 6. The molecule has 2 aromatic rings. The van der Waals surface area contributed by atoms with Crippen molar-refractivity contribution < 1.29 is 23.3 Å². The second kappa shape index (κ2) is 13.0. The molecular formula is C34H44ClN3O5S. The number of fused-ring (bicyclic) bond motifs is 4. The van der Waals surface area contributed by atoms with E-state index in [0.717, 1.165) is 80.9 Å². The van der Waals surface area contributed by atoms with Gasteiger partial charge in [0.1, 0.15) is 15.7 Å². The van der Waals surface area contributed by atoms with Crippen molar-refractivity contribution in [2.45, 2.75) is 82.7 Å². The van der Waals surface area contributed by atoms with Crippen LogP contribution >= 0.6 is 11.6 Å². The van der Waals surface area contributed by atoms with Gasteiger partial charge in [-0.15, -0.1) is 4.36 Å². The zero-order valence-corrected chi connectivity index (χ0v) is 27.4. The van der Waals surface area contributed by atoms with Crippen LogP contribution in [0.3, 0.4) is 0 Å². The lowest BCUT2D eigenvalue weighted by Crippen LogP contribution is -2.49. The first kappa shape index (κ1) is 31.4. The fourth-order valence-corrected chi connectivity index (χ4v) is 9.63. The largest absolute Gasteiger partial charge is 0.490 e. The lowest BCUT2D eigenvalue weighted by molar-refractivity contribution is -0.118. The summed E-state index contributed by atoms with van der Waals surface area (Å²) < 4.78 is 33.2. The monoisotopic (exact) mass is 641 g/mol. The van der Waals surface area contributed by atoms with Crippen LogP contribution in [0.5, 0.6) is 5.75 Å². The van der Waals surface area contributed by atoms with E-state index >= 15 is 0 Å². The van der Waals surface area contributed by atoms with Gasteiger partial charge in [0.15, 0.2) is 0 Å². The van der Waals surface area contributed by atoms with Crippen molar-refractivity contribution in [1.29, 1.82) is 0 Å². The van der Waals surface area contributed by atoms with E-state index in [9.17, 15) is 13.8 Å². The summed E-state index contributed by atoms with van der Waals surface area (Å²) in [5.74, 6) is 0.842.